The van der Waals surface area contributed by atoms with E-state index in [1.165, 1.54) is 146 Å². The van der Waals surface area contributed by atoms with Crippen molar-refractivity contribution in [3.8, 4) is 62.2 Å². The van der Waals surface area contributed by atoms with Gasteiger partial charge in [0.1, 0.15) is 17.0 Å². The molecule has 9 aromatic heterocycles. The molecule has 0 amide bonds. The first-order valence-electron chi connectivity index (χ1n) is 38.8. The Kier molecular flexibility index (Phi) is 14.7. The first-order valence-corrected chi connectivity index (χ1v) is 39.6. The minimum atomic E-state index is -0.208. The summed E-state index contributed by atoms with van der Waals surface area (Å²) in [5.74, 6) is 0.907. The quantitative estimate of drug-likeness (QED) is 0.155. The molecule has 1 aliphatic rings. The van der Waals surface area contributed by atoms with Crippen molar-refractivity contribution >= 4 is 162 Å². The van der Waals surface area contributed by atoms with E-state index in [4.69, 9.17) is 9.40 Å². The fourth-order valence-corrected chi connectivity index (χ4v) is 19.6. The summed E-state index contributed by atoms with van der Waals surface area (Å²) < 4.78 is 16.1. The molecular formula is C105H67N7OS. The molecule has 0 bridgehead atoms. The van der Waals surface area contributed by atoms with Gasteiger partial charge in [-0.3, -0.25) is 14.5 Å². The summed E-state index contributed by atoms with van der Waals surface area (Å²) in [6, 6.07) is 126. The molecule has 0 spiro atoms. The van der Waals surface area contributed by atoms with Crippen LogP contribution in [-0.4, -0.2) is 33.6 Å². The molecule has 0 unspecified atom stereocenters. The number of nitrogens with zero attached hydrogens (tertiary/aromatic N) is 7. The first-order chi connectivity index (χ1) is 56.3. The summed E-state index contributed by atoms with van der Waals surface area (Å²) in [7, 11) is 0. The highest BCUT2D eigenvalue weighted by atomic mass is 32.1. The molecule has 0 atom stereocenters. The van der Waals surface area contributed by atoms with Crippen molar-refractivity contribution in [3.63, 3.8) is 0 Å². The number of thiophene rings is 1. The van der Waals surface area contributed by atoms with Gasteiger partial charge in [-0.25, -0.2) is 9.97 Å². The van der Waals surface area contributed by atoms with Crippen molar-refractivity contribution in [2.45, 2.75) is 19.3 Å². The topological polar surface area (TPSA) is 79.5 Å². The molecule has 15 aromatic carbocycles. The number of aromatic nitrogens is 7. The van der Waals surface area contributed by atoms with E-state index in [0.717, 1.165) is 78.2 Å². The standard InChI is InChI=1S/C44H30N4.C34H21NS.C27H16N2O/c1-44(2)35-26-41-33(25-34(35)42-31-16-5-3-13-28(31)29-14-4-6-17-32(29)43(42)44)30-15-7-8-20-40(30)48(41)27-23-38(36-18-9-11-21-45-36)47-39(24-27)37-19-10-12-22-46-37;1-2-8-22(9-3-1)23-14-16-26(17-15-23)35-31-13-7-6-12-27(31)28-20-30-29-18-24-10-4-5-11-25(24)19-33(29)36-34(30)21-32(28)35;1-2-8-18-17(7-1)12-13-20-22-15-21-19-9-3-4-10-23(19)29(26-11-5-6-14-28-26)24(21)16-25(22)30-27(18)20/h3-26H,1-2H3;1-21H;1-16H. The van der Waals surface area contributed by atoms with Crippen molar-refractivity contribution in [1.82, 2.24) is 33.6 Å². The molecule has 1 aliphatic carbocycles. The molecule has 0 fully saturated rings. The Balaban J connectivity index is 0.000000104. The number of hydrogen-bond donors (Lipinski definition) is 0. The molecule has 0 aliphatic heterocycles. The van der Waals surface area contributed by atoms with E-state index >= 15 is 0 Å². The van der Waals surface area contributed by atoms with Gasteiger partial charge >= 0.3 is 0 Å². The summed E-state index contributed by atoms with van der Waals surface area (Å²) in [6.45, 7) is 4.78. The summed E-state index contributed by atoms with van der Waals surface area (Å²) in [5.41, 5.74) is 22.1. The molecule has 0 saturated heterocycles. The Hall–Kier alpha value is -14.6. The average Bonchev–Trinajstić information content (AvgIpc) is 1.51. The van der Waals surface area contributed by atoms with E-state index in [1.54, 1.807) is 0 Å². The first kappa shape index (κ1) is 65.3. The Morgan fingerprint density at radius 1 is 0.289 bits per heavy atom. The molecule has 25 rings (SSSR count). The summed E-state index contributed by atoms with van der Waals surface area (Å²) >= 11 is 1.89. The van der Waals surface area contributed by atoms with E-state index < -0.39 is 0 Å². The predicted octanol–water partition coefficient (Wildman–Crippen LogP) is 28.1. The van der Waals surface area contributed by atoms with Gasteiger partial charge in [-0.1, -0.05) is 232 Å². The third kappa shape index (κ3) is 10.2. The van der Waals surface area contributed by atoms with Crippen LogP contribution in [0.5, 0.6) is 0 Å². The molecule has 24 aromatic rings. The summed E-state index contributed by atoms with van der Waals surface area (Å²) in [6.07, 6.45) is 5.48. The maximum atomic E-state index is 6.43. The van der Waals surface area contributed by atoms with Gasteiger partial charge in [0.25, 0.3) is 0 Å². The van der Waals surface area contributed by atoms with Gasteiger partial charge in [-0.15, -0.1) is 11.3 Å². The van der Waals surface area contributed by atoms with Crippen LogP contribution < -0.4 is 0 Å². The molecule has 114 heavy (non-hydrogen) atoms. The van der Waals surface area contributed by atoms with Crippen LogP contribution in [-0.2, 0) is 5.41 Å². The normalized spacial score (nSPS) is 12.5. The van der Waals surface area contributed by atoms with Crippen LogP contribution in [0.3, 0.4) is 0 Å². The lowest BCUT2D eigenvalue weighted by Gasteiger charge is -2.24. The Bertz CT molecular complexity index is 8000. The zero-order chi connectivity index (χ0) is 75.3. The molecule has 0 radical (unpaired) electrons. The molecular weight excluding hydrogens is 1410 g/mol. The summed E-state index contributed by atoms with van der Waals surface area (Å²) in [5, 5.41) is 22.7. The van der Waals surface area contributed by atoms with Gasteiger partial charge in [-0.2, -0.15) is 0 Å². The van der Waals surface area contributed by atoms with Gasteiger partial charge in [0.15, 0.2) is 0 Å². The number of fused-ring (bicyclic) bond motifs is 26. The van der Waals surface area contributed by atoms with Crippen LogP contribution in [0.25, 0.3) is 213 Å². The molecule has 0 N–H and O–H groups in total. The predicted molar refractivity (Wildman–Crippen MR) is 478 cm³/mol. The number of pyridine rings is 4. The minimum Gasteiger partial charge on any atom is -0.455 e. The summed E-state index contributed by atoms with van der Waals surface area (Å²) in [4.78, 5) is 19.0. The van der Waals surface area contributed by atoms with E-state index in [-0.39, 0.29) is 5.41 Å². The van der Waals surface area contributed by atoms with Crippen LogP contribution in [0.4, 0.5) is 0 Å². The highest BCUT2D eigenvalue weighted by Gasteiger charge is 2.39. The molecule has 8 nitrogen and oxygen atoms in total. The van der Waals surface area contributed by atoms with Gasteiger partial charge < -0.3 is 13.6 Å². The Morgan fingerprint density at radius 2 is 0.781 bits per heavy atom. The van der Waals surface area contributed by atoms with Crippen LogP contribution in [0.1, 0.15) is 25.0 Å². The van der Waals surface area contributed by atoms with Crippen LogP contribution >= 0.6 is 11.3 Å². The molecule has 0 saturated carbocycles. The lowest BCUT2D eigenvalue weighted by molar-refractivity contribution is 0.667. The zero-order valence-corrected chi connectivity index (χ0v) is 63.0. The van der Waals surface area contributed by atoms with Crippen molar-refractivity contribution < 1.29 is 4.42 Å². The van der Waals surface area contributed by atoms with Crippen molar-refractivity contribution in [2.75, 3.05) is 0 Å². The van der Waals surface area contributed by atoms with Crippen LogP contribution in [0, 0.1) is 0 Å². The van der Waals surface area contributed by atoms with Gasteiger partial charge in [-0.05, 0) is 198 Å². The highest BCUT2D eigenvalue weighted by Crippen LogP contribution is 2.57. The zero-order valence-electron chi connectivity index (χ0n) is 62.2. The van der Waals surface area contributed by atoms with E-state index in [0.29, 0.717) is 0 Å². The lowest BCUT2D eigenvalue weighted by Crippen LogP contribution is -2.15. The van der Waals surface area contributed by atoms with E-state index in [9.17, 15) is 0 Å². The fourth-order valence-electron chi connectivity index (χ4n) is 18.5. The van der Waals surface area contributed by atoms with Gasteiger partial charge in [0.2, 0.25) is 0 Å². The SMILES string of the molecule is CC1(C)c2cc3c(cc2-c2c1c1ccccc1c1ccccc21)c1ccccc1n3-c1cc(-c2ccccn2)nc(-c2ccccn2)c1.c1ccc(-c2ccc(-n3c4ccccc4c4cc5c(cc43)sc3cc4ccccc4cc35)cc2)cc1.c1ccc(-n2c3ccccc3c3cc4c(cc32)oc2c3ccccc3ccc42)nc1. The Morgan fingerprint density at radius 3 is 1.43 bits per heavy atom. The second-order valence-electron chi connectivity index (χ2n) is 30.4. The maximum Gasteiger partial charge on any atom is 0.143 e. The van der Waals surface area contributed by atoms with E-state index in [2.05, 4.69) is 340 Å². The van der Waals surface area contributed by atoms with Crippen LogP contribution in [0.15, 0.2) is 375 Å². The fraction of sp³-hybridized carbons (Fsp3) is 0.0286. The second-order valence-corrected chi connectivity index (χ2v) is 31.4. The highest BCUT2D eigenvalue weighted by molar-refractivity contribution is 7.26. The van der Waals surface area contributed by atoms with Crippen molar-refractivity contribution in [2.24, 2.45) is 0 Å². The van der Waals surface area contributed by atoms with Gasteiger partial charge in [0, 0.05) is 104 Å². The second kappa shape index (κ2) is 25.7. The molecule has 9 heteroatoms. The largest absolute Gasteiger partial charge is 0.455 e. The average molecular weight is 1470 g/mol. The third-order valence-electron chi connectivity index (χ3n) is 23.6. The number of benzene rings is 15. The maximum absolute atomic E-state index is 6.43. The minimum absolute atomic E-state index is 0.208. The monoisotopic (exact) mass is 1470 g/mol. The molecule has 9 heterocycles. The number of rotatable bonds is 6. The van der Waals surface area contributed by atoms with Crippen LogP contribution in [0.2, 0.25) is 0 Å². The lowest BCUT2D eigenvalue weighted by atomic mass is 9.79. The number of hydrogen-bond acceptors (Lipinski definition) is 6. The smallest absolute Gasteiger partial charge is 0.143 e. The van der Waals surface area contributed by atoms with Crippen molar-refractivity contribution in [3.05, 3.63) is 382 Å². The Labute approximate surface area is 658 Å². The third-order valence-corrected chi connectivity index (χ3v) is 24.7. The molecule has 534 valence electrons. The number of furan rings is 1. The van der Waals surface area contributed by atoms with Gasteiger partial charge in [0.05, 0.1) is 61.6 Å². The van der Waals surface area contributed by atoms with E-state index in [1.807, 2.05) is 84.5 Å². The van der Waals surface area contributed by atoms with Crippen molar-refractivity contribution in [1.29, 1.82) is 0 Å². The number of para-hydroxylation sites is 3.